The minimum atomic E-state index is -0.700. The second-order valence-corrected chi connectivity index (χ2v) is 9.04. The second-order valence-electron chi connectivity index (χ2n) is 9.04. The first-order chi connectivity index (χ1) is 17.2. The highest BCUT2D eigenvalue weighted by molar-refractivity contribution is 6.08. The van der Waals surface area contributed by atoms with Crippen molar-refractivity contribution in [1.82, 2.24) is 9.55 Å². The quantitative estimate of drug-likeness (QED) is 0.396. The third kappa shape index (κ3) is 6.29. The molecule has 0 aliphatic heterocycles. The summed E-state index contributed by atoms with van der Waals surface area (Å²) in [6.07, 6.45) is 2.17. The van der Waals surface area contributed by atoms with Crippen LogP contribution in [0.3, 0.4) is 0 Å². The molecule has 0 atom stereocenters. The van der Waals surface area contributed by atoms with E-state index in [0.717, 1.165) is 6.42 Å². The molecule has 3 aromatic rings. The fraction of sp³-hybridized carbons (Fsp3) is 0.333. The van der Waals surface area contributed by atoms with Gasteiger partial charge in [0.05, 0.1) is 0 Å². The Morgan fingerprint density at radius 1 is 1.03 bits per heavy atom. The summed E-state index contributed by atoms with van der Waals surface area (Å²) in [6, 6.07) is 15.2. The number of nitrogens with two attached hydrogens (primary N) is 1. The Kier molecular flexibility index (Phi) is 8.83. The van der Waals surface area contributed by atoms with Crippen LogP contribution in [0.1, 0.15) is 60.7 Å². The molecule has 1 heterocycles. The lowest BCUT2D eigenvalue weighted by Crippen LogP contribution is -2.42. The highest BCUT2D eigenvalue weighted by atomic mass is 16.2. The van der Waals surface area contributed by atoms with E-state index in [1.54, 1.807) is 48.5 Å². The van der Waals surface area contributed by atoms with Gasteiger partial charge in [-0.1, -0.05) is 45.4 Å². The number of unbranched alkanes of at least 4 members (excludes halogenated alkanes) is 1. The molecule has 4 N–H and O–H groups in total. The van der Waals surface area contributed by atoms with E-state index in [0.29, 0.717) is 36.2 Å². The number of hydrogen-bond acceptors (Lipinski definition) is 5. The fourth-order valence-corrected chi connectivity index (χ4v) is 3.72. The van der Waals surface area contributed by atoms with Crippen LogP contribution >= 0.6 is 0 Å². The molecule has 0 radical (unpaired) electrons. The van der Waals surface area contributed by atoms with Crippen molar-refractivity contribution in [2.24, 2.45) is 5.92 Å². The first kappa shape index (κ1) is 26.5. The van der Waals surface area contributed by atoms with Gasteiger partial charge in [0.25, 0.3) is 17.4 Å². The molecule has 0 unspecified atom stereocenters. The molecule has 1 aromatic heterocycles. The molecule has 9 nitrogen and oxygen atoms in total. The monoisotopic (exact) mass is 491 g/mol. The number of aromatic amines is 1. The standard InChI is InChI=1S/C27H33N5O4/c1-4-5-16-32-23(28)22(25(34)30-27(32)36)31(17-15-18(2)3)26(35)20-11-13-21(14-12-20)29-24(33)19-9-7-6-8-10-19/h6-14,18H,4-5,15-17,28H2,1-3H3,(H,29,33)(H,30,34,36). The average Bonchev–Trinajstić information content (AvgIpc) is 2.86. The first-order valence-electron chi connectivity index (χ1n) is 12.1. The Bertz CT molecular complexity index is 1310. The minimum Gasteiger partial charge on any atom is -0.383 e. The van der Waals surface area contributed by atoms with Gasteiger partial charge in [-0.15, -0.1) is 0 Å². The lowest BCUT2D eigenvalue weighted by molar-refractivity contribution is 0.0984. The molecule has 0 fully saturated rings. The number of nitrogens with zero attached hydrogens (tertiary/aromatic N) is 2. The maximum absolute atomic E-state index is 13.6. The van der Waals surface area contributed by atoms with Crippen molar-refractivity contribution >= 4 is 29.0 Å². The molecule has 0 saturated heterocycles. The van der Waals surface area contributed by atoms with Crippen LogP contribution in [0.15, 0.2) is 64.2 Å². The molecular formula is C27H33N5O4. The van der Waals surface area contributed by atoms with Crippen LogP contribution in [0, 0.1) is 5.92 Å². The molecule has 0 aliphatic carbocycles. The van der Waals surface area contributed by atoms with Crippen molar-refractivity contribution in [3.05, 3.63) is 86.6 Å². The van der Waals surface area contributed by atoms with E-state index in [2.05, 4.69) is 10.3 Å². The van der Waals surface area contributed by atoms with Crippen molar-refractivity contribution in [1.29, 1.82) is 0 Å². The van der Waals surface area contributed by atoms with Gasteiger partial charge < -0.3 is 16.0 Å². The van der Waals surface area contributed by atoms with Crippen molar-refractivity contribution in [2.75, 3.05) is 22.5 Å². The van der Waals surface area contributed by atoms with Crippen LogP contribution < -0.4 is 27.2 Å². The van der Waals surface area contributed by atoms with Gasteiger partial charge >= 0.3 is 5.69 Å². The van der Waals surface area contributed by atoms with Crippen LogP contribution in [0.2, 0.25) is 0 Å². The average molecular weight is 492 g/mol. The predicted octanol–water partition coefficient (Wildman–Crippen LogP) is 3.86. The molecule has 9 heteroatoms. The summed E-state index contributed by atoms with van der Waals surface area (Å²) in [5.41, 5.74) is 6.33. The molecular weight excluding hydrogens is 458 g/mol. The number of nitrogens with one attached hydrogen (secondary N) is 2. The summed E-state index contributed by atoms with van der Waals surface area (Å²) in [5.74, 6) is -0.445. The maximum Gasteiger partial charge on any atom is 0.330 e. The molecule has 0 bridgehead atoms. The van der Waals surface area contributed by atoms with E-state index in [4.69, 9.17) is 5.73 Å². The molecule has 2 amide bonds. The molecule has 36 heavy (non-hydrogen) atoms. The fourth-order valence-electron chi connectivity index (χ4n) is 3.72. The van der Waals surface area contributed by atoms with Crippen LogP contribution in [0.4, 0.5) is 17.2 Å². The number of nitrogen functional groups attached to an aromatic ring is 1. The van der Waals surface area contributed by atoms with Crippen molar-refractivity contribution in [3.8, 4) is 0 Å². The number of aromatic nitrogens is 2. The zero-order chi connectivity index (χ0) is 26.2. The summed E-state index contributed by atoms with van der Waals surface area (Å²) >= 11 is 0. The normalized spacial score (nSPS) is 10.9. The SMILES string of the molecule is CCCCn1c(N)c(N(CCC(C)C)C(=O)c2ccc(NC(=O)c3ccccc3)cc2)c(=O)[nH]c1=O. The molecule has 0 spiro atoms. The highest BCUT2D eigenvalue weighted by Crippen LogP contribution is 2.22. The van der Waals surface area contributed by atoms with Crippen molar-refractivity contribution < 1.29 is 9.59 Å². The number of amides is 2. The summed E-state index contributed by atoms with van der Waals surface area (Å²) in [4.78, 5) is 54.8. The van der Waals surface area contributed by atoms with Gasteiger partial charge in [-0.25, -0.2) is 4.79 Å². The summed E-state index contributed by atoms with van der Waals surface area (Å²) in [5, 5.41) is 2.80. The Morgan fingerprint density at radius 3 is 2.31 bits per heavy atom. The highest BCUT2D eigenvalue weighted by Gasteiger charge is 2.25. The molecule has 0 aliphatic rings. The Hall–Kier alpha value is -4.14. The van der Waals surface area contributed by atoms with Gasteiger partial charge in [0.15, 0.2) is 5.69 Å². The van der Waals surface area contributed by atoms with E-state index in [-0.39, 0.29) is 29.9 Å². The van der Waals surface area contributed by atoms with Gasteiger partial charge in [0.1, 0.15) is 5.82 Å². The number of carbonyl (C=O) groups excluding carboxylic acids is 2. The molecule has 190 valence electrons. The molecule has 3 rings (SSSR count). The third-order valence-corrected chi connectivity index (χ3v) is 5.82. The van der Waals surface area contributed by atoms with Gasteiger partial charge in [0.2, 0.25) is 0 Å². The topological polar surface area (TPSA) is 130 Å². The summed E-state index contributed by atoms with van der Waals surface area (Å²) in [6.45, 7) is 6.61. The molecule has 0 saturated carbocycles. The number of rotatable bonds is 10. The van der Waals surface area contributed by atoms with Crippen LogP contribution in [0.25, 0.3) is 0 Å². The Labute approximate surface area is 210 Å². The number of benzene rings is 2. The third-order valence-electron chi connectivity index (χ3n) is 5.82. The van der Waals surface area contributed by atoms with E-state index >= 15 is 0 Å². The second kappa shape index (κ2) is 12.0. The lowest BCUT2D eigenvalue weighted by Gasteiger charge is -2.25. The minimum absolute atomic E-state index is 0.0268. The Balaban J connectivity index is 1.92. The van der Waals surface area contributed by atoms with Gasteiger partial charge in [-0.05, 0) is 55.2 Å². The van der Waals surface area contributed by atoms with E-state index in [9.17, 15) is 19.2 Å². The van der Waals surface area contributed by atoms with Crippen LogP contribution in [-0.2, 0) is 6.54 Å². The summed E-state index contributed by atoms with van der Waals surface area (Å²) in [7, 11) is 0. The zero-order valence-electron chi connectivity index (χ0n) is 20.9. The van der Waals surface area contributed by atoms with E-state index in [1.165, 1.54) is 9.47 Å². The predicted molar refractivity (Wildman–Crippen MR) is 143 cm³/mol. The smallest absolute Gasteiger partial charge is 0.330 e. The lowest BCUT2D eigenvalue weighted by atomic mass is 10.1. The van der Waals surface area contributed by atoms with E-state index in [1.807, 2.05) is 26.8 Å². The number of carbonyl (C=O) groups is 2. The zero-order valence-corrected chi connectivity index (χ0v) is 20.9. The molecule has 2 aromatic carbocycles. The number of hydrogen-bond donors (Lipinski definition) is 3. The van der Waals surface area contributed by atoms with Gasteiger partial charge in [-0.3, -0.25) is 23.9 Å². The Morgan fingerprint density at radius 2 is 1.69 bits per heavy atom. The number of anilines is 3. The summed E-state index contributed by atoms with van der Waals surface area (Å²) < 4.78 is 1.30. The largest absolute Gasteiger partial charge is 0.383 e. The van der Waals surface area contributed by atoms with Gasteiger partial charge in [-0.2, -0.15) is 0 Å². The van der Waals surface area contributed by atoms with Gasteiger partial charge in [0, 0.05) is 29.9 Å². The maximum atomic E-state index is 13.6. The van der Waals surface area contributed by atoms with Crippen molar-refractivity contribution in [2.45, 2.75) is 46.6 Å². The number of H-pyrrole nitrogens is 1. The van der Waals surface area contributed by atoms with Crippen molar-refractivity contribution in [3.63, 3.8) is 0 Å². The van der Waals surface area contributed by atoms with E-state index < -0.39 is 17.2 Å². The first-order valence-corrected chi connectivity index (χ1v) is 12.1. The van der Waals surface area contributed by atoms with Crippen LogP contribution in [0.5, 0.6) is 0 Å². The van der Waals surface area contributed by atoms with Crippen LogP contribution in [-0.4, -0.2) is 27.9 Å².